The summed E-state index contributed by atoms with van der Waals surface area (Å²) in [7, 11) is -3.20. The lowest BCUT2D eigenvalue weighted by Gasteiger charge is -2.11. The summed E-state index contributed by atoms with van der Waals surface area (Å²) >= 11 is 0. The Morgan fingerprint density at radius 2 is 1.84 bits per heavy atom. The highest BCUT2D eigenvalue weighted by Crippen LogP contribution is 2.32. The Morgan fingerprint density at radius 1 is 1.06 bits per heavy atom. The third-order valence-corrected chi connectivity index (χ3v) is 5.93. The van der Waals surface area contributed by atoms with Crippen LogP contribution in [-0.2, 0) is 23.2 Å². The molecule has 162 valence electrons. The van der Waals surface area contributed by atoms with Crippen LogP contribution in [0.25, 0.3) is 33.1 Å². The van der Waals surface area contributed by atoms with Crippen molar-refractivity contribution in [3.63, 3.8) is 0 Å². The van der Waals surface area contributed by atoms with Crippen LogP contribution in [0, 0.1) is 0 Å². The summed E-state index contributed by atoms with van der Waals surface area (Å²) in [6, 6.07) is 16.1. The lowest BCUT2D eigenvalue weighted by atomic mass is 10.0. The standard InChI is InChI=1S/C22H25N5O3S/c1-31(29,30)24-11-5-6-12-27-19(14-28)26-20-21(27)17-10-9-16(13-18(17)25-22(20)23)15-7-3-2-4-8-15/h2-4,7-10,13,24,28H,5-6,11-12,14H2,1H3,(H2,23,25). The summed E-state index contributed by atoms with van der Waals surface area (Å²) in [4.78, 5) is 9.07. The van der Waals surface area contributed by atoms with E-state index in [-0.39, 0.29) is 6.61 Å². The largest absolute Gasteiger partial charge is 0.388 e. The van der Waals surface area contributed by atoms with Crippen LogP contribution >= 0.6 is 0 Å². The molecule has 31 heavy (non-hydrogen) atoms. The van der Waals surface area contributed by atoms with Crippen molar-refractivity contribution in [1.82, 2.24) is 19.3 Å². The number of aliphatic hydroxyl groups is 1. The number of unbranched alkanes of at least 4 members (excludes halogenated alkanes) is 1. The molecule has 0 aliphatic heterocycles. The molecule has 0 saturated carbocycles. The Bertz CT molecular complexity index is 1330. The Balaban J connectivity index is 1.72. The Morgan fingerprint density at radius 3 is 2.55 bits per heavy atom. The maximum atomic E-state index is 11.2. The van der Waals surface area contributed by atoms with Crippen molar-refractivity contribution in [2.45, 2.75) is 26.0 Å². The van der Waals surface area contributed by atoms with Crippen LogP contribution in [0.4, 0.5) is 5.82 Å². The van der Waals surface area contributed by atoms with Crippen molar-refractivity contribution in [3.05, 3.63) is 54.4 Å². The van der Waals surface area contributed by atoms with Gasteiger partial charge in [-0.3, -0.25) is 0 Å². The first-order chi connectivity index (χ1) is 14.9. The predicted octanol–water partition coefficient (Wildman–Crippen LogP) is 2.66. The van der Waals surface area contributed by atoms with Crippen molar-refractivity contribution in [2.24, 2.45) is 0 Å². The summed E-state index contributed by atoms with van der Waals surface area (Å²) in [6.07, 6.45) is 2.52. The maximum Gasteiger partial charge on any atom is 0.208 e. The van der Waals surface area contributed by atoms with Crippen molar-refractivity contribution in [2.75, 3.05) is 18.5 Å². The Labute approximate surface area is 180 Å². The molecule has 0 aliphatic rings. The number of nitrogens with two attached hydrogens (primary N) is 1. The first kappa shape index (κ1) is 21.2. The van der Waals surface area contributed by atoms with Gasteiger partial charge < -0.3 is 15.4 Å². The van der Waals surface area contributed by atoms with E-state index in [0.29, 0.717) is 43.1 Å². The normalized spacial score (nSPS) is 12.1. The van der Waals surface area contributed by atoms with E-state index in [4.69, 9.17) is 5.73 Å². The molecule has 4 N–H and O–H groups in total. The van der Waals surface area contributed by atoms with E-state index in [9.17, 15) is 13.5 Å². The number of rotatable bonds is 8. The zero-order valence-electron chi connectivity index (χ0n) is 17.2. The number of aryl methyl sites for hydroxylation is 1. The minimum atomic E-state index is -3.20. The second-order valence-electron chi connectivity index (χ2n) is 7.50. The highest BCUT2D eigenvalue weighted by atomic mass is 32.2. The molecule has 0 spiro atoms. The van der Waals surface area contributed by atoms with Crippen LogP contribution < -0.4 is 10.5 Å². The number of nitrogens with zero attached hydrogens (tertiary/aromatic N) is 3. The number of imidazole rings is 1. The van der Waals surface area contributed by atoms with Crippen LogP contribution in [-0.4, -0.2) is 40.9 Å². The molecular weight excluding hydrogens is 414 g/mol. The van der Waals surface area contributed by atoms with Crippen molar-refractivity contribution < 1.29 is 13.5 Å². The number of aromatic nitrogens is 3. The quantitative estimate of drug-likeness (QED) is 0.363. The monoisotopic (exact) mass is 439 g/mol. The first-order valence-corrected chi connectivity index (χ1v) is 12.0. The van der Waals surface area contributed by atoms with Gasteiger partial charge in [-0.05, 0) is 30.0 Å². The van der Waals surface area contributed by atoms with Gasteiger partial charge >= 0.3 is 0 Å². The van der Waals surface area contributed by atoms with Gasteiger partial charge in [0.2, 0.25) is 10.0 Å². The molecule has 2 aromatic carbocycles. The molecule has 9 heteroatoms. The molecule has 0 atom stereocenters. The lowest BCUT2D eigenvalue weighted by Crippen LogP contribution is -2.23. The van der Waals surface area contributed by atoms with E-state index in [1.165, 1.54) is 0 Å². The van der Waals surface area contributed by atoms with Gasteiger partial charge in [0.15, 0.2) is 5.82 Å². The zero-order chi connectivity index (χ0) is 22.0. The number of aliphatic hydroxyl groups excluding tert-OH is 1. The summed E-state index contributed by atoms with van der Waals surface area (Å²) in [6.45, 7) is 0.723. The summed E-state index contributed by atoms with van der Waals surface area (Å²) in [5, 5.41) is 10.8. The molecule has 8 nitrogen and oxygen atoms in total. The second kappa shape index (κ2) is 8.62. The third kappa shape index (κ3) is 4.53. The molecule has 2 heterocycles. The molecule has 4 rings (SSSR count). The smallest absolute Gasteiger partial charge is 0.208 e. The Hall–Kier alpha value is -3.01. The van der Waals surface area contributed by atoms with Gasteiger partial charge in [0.05, 0.1) is 17.3 Å². The summed E-state index contributed by atoms with van der Waals surface area (Å²) in [5.41, 5.74) is 10.5. The van der Waals surface area contributed by atoms with Crippen LogP contribution in [0.5, 0.6) is 0 Å². The average molecular weight is 440 g/mol. The minimum Gasteiger partial charge on any atom is -0.388 e. The van der Waals surface area contributed by atoms with E-state index >= 15 is 0 Å². The summed E-state index contributed by atoms with van der Waals surface area (Å²) < 4.78 is 26.9. The molecule has 2 aromatic heterocycles. The molecule has 0 aliphatic carbocycles. The topological polar surface area (TPSA) is 123 Å². The fraction of sp³-hybridized carbons (Fsp3) is 0.273. The van der Waals surface area contributed by atoms with Crippen molar-refractivity contribution in [3.8, 4) is 11.1 Å². The number of anilines is 1. The molecule has 0 unspecified atom stereocenters. The zero-order valence-corrected chi connectivity index (χ0v) is 18.1. The first-order valence-electron chi connectivity index (χ1n) is 10.1. The number of sulfonamides is 1. The highest BCUT2D eigenvalue weighted by molar-refractivity contribution is 7.88. The van der Waals surface area contributed by atoms with E-state index in [1.54, 1.807) is 0 Å². The van der Waals surface area contributed by atoms with E-state index in [2.05, 4.69) is 14.7 Å². The Kier molecular flexibility index (Phi) is 5.90. The SMILES string of the molecule is CS(=O)(=O)NCCCCn1c(CO)nc2c(N)nc3cc(-c4ccccc4)ccc3c21. The van der Waals surface area contributed by atoms with Crippen molar-refractivity contribution >= 4 is 37.8 Å². The number of benzene rings is 2. The van der Waals surface area contributed by atoms with Crippen LogP contribution in [0.2, 0.25) is 0 Å². The number of pyridine rings is 1. The fourth-order valence-electron chi connectivity index (χ4n) is 3.78. The van der Waals surface area contributed by atoms with Gasteiger partial charge in [0, 0.05) is 18.5 Å². The predicted molar refractivity (Wildman–Crippen MR) is 123 cm³/mol. The van der Waals surface area contributed by atoms with Gasteiger partial charge in [0.25, 0.3) is 0 Å². The van der Waals surface area contributed by atoms with Gasteiger partial charge in [-0.1, -0.05) is 42.5 Å². The molecule has 0 amide bonds. The molecule has 0 saturated heterocycles. The van der Waals surface area contributed by atoms with Crippen LogP contribution in [0.1, 0.15) is 18.7 Å². The van der Waals surface area contributed by atoms with Gasteiger partial charge in [-0.15, -0.1) is 0 Å². The lowest BCUT2D eigenvalue weighted by molar-refractivity contribution is 0.265. The number of hydrogen-bond acceptors (Lipinski definition) is 6. The fourth-order valence-corrected chi connectivity index (χ4v) is 4.30. The van der Waals surface area contributed by atoms with E-state index < -0.39 is 10.0 Å². The van der Waals surface area contributed by atoms with Crippen LogP contribution in [0.15, 0.2) is 48.5 Å². The number of hydrogen-bond donors (Lipinski definition) is 3. The molecular formula is C22H25N5O3S. The van der Waals surface area contributed by atoms with E-state index in [1.807, 2.05) is 53.1 Å². The van der Waals surface area contributed by atoms with Crippen molar-refractivity contribution in [1.29, 1.82) is 0 Å². The maximum absolute atomic E-state index is 11.2. The second-order valence-corrected chi connectivity index (χ2v) is 9.34. The van der Waals surface area contributed by atoms with E-state index in [0.717, 1.165) is 33.8 Å². The van der Waals surface area contributed by atoms with Gasteiger partial charge in [0.1, 0.15) is 17.9 Å². The number of nitrogen functional groups attached to an aromatic ring is 1. The number of nitrogens with one attached hydrogen (secondary N) is 1. The molecule has 4 aromatic rings. The highest BCUT2D eigenvalue weighted by Gasteiger charge is 2.17. The van der Waals surface area contributed by atoms with Gasteiger partial charge in [-0.25, -0.2) is 23.1 Å². The number of fused-ring (bicyclic) bond motifs is 3. The third-order valence-electron chi connectivity index (χ3n) is 5.20. The molecule has 0 radical (unpaired) electrons. The summed E-state index contributed by atoms with van der Waals surface area (Å²) in [5.74, 6) is 0.833. The van der Waals surface area contributed by atoms with Gasteiger partial charge in [-0.2, -0.15) is 0 Å². The van der Waals surface area contributed by atoms with Crippen LogP contribution in [0.3, 0.4) is 0 Å². The molecule has 0 fully saturated rings. The minimum absolute atomic E-state index is 0.223. The molecule has 0 bridgehead atoms. The average Bonchev–Trinajstić information content (AvgIpc) is 3.12.